The second-order valence-corrected chi connectivity index (χ2v) is 4.69. The molecule has 0 heterocycles. The summed E-state index contributed by atoms with van der Waals surface area (Å²) in [6.45, 7) is 1.19. The third kappa shape index (κ3) is 5.61. The maximum Gasteiger partial charge on any atom is 0.389 e. The predicted molar refractivity (Wildman–Crippen MR) is 55.1 cm³/mol. The van der Waals surface area contributed by atoms with Gasteiger partial charge in [0.2, 0.25) is 0 Å². The molecular weight excluding hydrogens is 227 g/mol. The van der Waals surface area contributed by atoms with Gasteiger partial charge in [0.1, 0.15) is 0 Å². The third-order valence-electron chi connectivity index (χ3n) is 2.79. The van der Waals surface area contributed by atoms with E-state index in [0.717, 1.165) is 25.8 Å². The summed E-state index contributed by atoms with van der Waals surface area (Å²) in [5.41, 5.74) is 0. The predicted octanol–water partition coefficient (Wildman–Crippen LogP) is 3.33. The van der Waals surface area contributed by atoms with E-state index in [1.165, 1.54) is 0 Å². The van der Waals surface area contributed by atoms with Crippen LogP contribution in [-0.2, 0) is 0 Å². The summed E-state index contributed by atoms with van der Waals surface area (Å²) in [5, 5.41) is 3.25. The van der Waals surface area contributed by atoms with Crippen LogP contribution in [0.2, 0.25) is 0 Å². The molecule has 1 aliphatic carbocycles. The Labute approximate surface area is 93.4 Å². The van der Waals surface area contributed by atoms with Crippen molar-refractivity contribution in [1.29, 1.82) is 0 Å². The van der Waals surface area contributed by atoms with Crippen LogP contribution in [0.25, 0.3) is 0 Å². The van der Waals surface area contributed by atoms with E-state index in [9.17, 15) is 13.2 Å². The fourth-order valence-electron chi connectivity index (χ4n) is 1.92. The fraction of sp³-hybridized carbons (Fsp3) is 1.00. The Morgan fingerprint density at radius 3 is 2.53 bits per heavy atom. The molecule has 1 N–H and O–H groups in total. The lowest BCUT2D eigenvalue weighted by Crippen LogP contribution is -2.27. The van der Waals surface area contributed by atoms with Crippen LogP contribution in [0.15, 0.2) is 0 Å². The topological polar surface area (TPSA) is 12.0 Å². The standard InChI is InChI=1S/C10H17ClF3N/c11-9-4-1-3-8(9)7-15-6-2-5-10(12,13)14/h8-9,15H,1-7H2. The van der Waals surface area contributed by atoms with Crippen LogP contribution >= 0.6 is 11.6 Å². The van der Waals surface area contributed by atoms with Crippen molar-refractivity contribution in [3.8, 4) is 0 Å². The molecule has 0 aromatic carbocycles. The van der Waals surface area contributed by atoms with Crippen molar-refractivity contribution in [2.24, 2.45) is 5.92 Å². The first-order chi connectivity index (χ1) is 6.99. The summed E-state index contributed by atoms with van der Waals surface area (Å²) in [6.07, 6.45) is -1.29. The molecule has 1 nitrogen and oxygen atoms in total. The summed E-state index contributed by atoms with van der Waals surface area (Å²) in [5.74, 6) is 0.442. The fourth-order valence-corrected chi connectivity index (χ4v) is 2.29. The number of alkyl halides is 4. The lowest BCUT2D eigenvalue weighted by molar-refractivity contribution is -0.135. The van der Waals surface area contributed by atoms with Crippen molar-refractivity contribution < 1.29 is 13.2 Å². The van der Waals surface area contributed by atoms with Gasteiger partial charge in [-0.25, -0.2) is 0 Å². The summed E-state index contributed by atoms with van der Waals surface area (Å²) in [4.78, 5) is 0. The first-order valence-electron chi connectivity index (χ1n) is 5.40. The van der Waals surface area contributed by atoms with Crippen LogP contribution in [-0.4, -0.2) is 24.6 Å². The highest BCUT2D eigenvalue weighted by Gasteiger charge is 2.27. The highest BCUT2D eigenvalue weighted by molar-refractivity contribution is 6.20. The van der Waals surface area contributed by atoms with Crippen molar-refractivity contribution >= 4 is 11.6 Å². The third-order valence-corrected chi connectivity index (χ3v) is 3.36. The second-order valence-electron chi connectivity index (χ2n) is 4.13. The Kier molecular flexibility index (Phi) is 5.19. The zero-order chi connectivity index (χ0) is 11.3. The summed E-state index contributed by atoms with van der Waals surface area (Å²) in [6, 6.07) is 0. The molecule has 2 unspecified atom stereocenters. The highest BCUT2D eigenvalue weighted by atomic mass is 35.5. The quantitative estimate of drug-likeness (QED) is 0.577. The van der Waals surface area contributed by atoms with E-state index in [1.54, 1.807) is 0 Å². The van der Waals surface area contributed by atoms with Gasteiger partial charge in [-0.2, -0.15) is 13.2 Å². The molecule has 0 aromatic rings. The zero-order valence-electron chi connectivity index (χ0n) is 8.62. The largest absolute Gasteiger partial charge is 0.389 e. The van der Waals surface area contributed by atoms with Gasteiger partial charge in [0.25, 0.3) is 0 Å². The van der Waals surface area contributed by atoms with Gasteiger partial charge < -0.3 is 5.32 Å². The van der Waals surface area contributed by atoms with Gasteiger partial charge in [0.05, 0.1) is 0 Å². The number of nitrogens with one attached hydrogen (secondary N) is 1. The second kappa shape index (κ2) is 5.94. The van der Waals surface area contributed by atoms with Crippen LogP contribution in [0.1, 0.15) is 32.1 Å². The lowest BCUT2D eigenvalue weighted by Gasteiger charge is -2.14. The molecule has 0 radical (unpaired) electrons. The van der Waals surface area contributed by atoms with E-state index < -0.39 is 12.6 Å². The Hall–Kier alpha value is 0.0400. The average molecular weight is 244 g/mol. The molecule has 1 aliphatic rings. The smallest absolute Gasteiger partial charge is 0.316 e. The molecule has 1 saturated carbocycles. The van der Waals surface area contributed by atoms with Gasteiger partial charge in [-0.05, 0) is 38.3 Å². The van der Waals surface area contributed by atoms with Crippen molar-refractivity contribution in [3.05, 3.63) is 0 Å². The molecule has 0 bridgehead atoms. The van der Waals surface area contributed by atoms with Crippen LogP contribution in [0.3, 0.4) is 0 Å². The van der Waals surface area contributed by atoms with Crippen LogP contribution in [0.5, 0.6) is 0 Å². The normalized spacial score (nSPS) is 27.2. The van der Waals surface area contributed by atoms with Crippen LogP contribution in [0, 0.1) is 5.92 Å². The van der Waals surface area contributed by atoms with Gasteiger partial charge in [-0.1, -0.05) is 6.42 Å². The number of halogens is 4. The minimum Gasteiger partial charge on any atom is -0.316 e. The van der Waals surface area contributed by atoms with E-state index in [1.807, 2.05) is 0 Å². The molecule has 1 rings (SSSR count). The van der Waals surface area contributed by atoms with Crippen LogP contribution < -0.4 is 5.32 Å². The van der Waals surface area contributed by atoms with Gasteiger partial charge in [-0.3, -0.25) is 0 Å². The average Bonchev–Trinajstić information content (AvgIpc) is 2.49. The summed E-state index contributed by atoms with van der Waals surface area (Å²) in [7, 11) is 0. The van der Waals surface area contributed by atoms with E-state index in [4.69, 9.17) is 11.6 Å². The molecule has 5 heteroatoms. The minimum absolute atomic E-state index is 0.156. The Morgan fingerprint density at radius 2 is 2.00 bits per heavy atom. The first kappa shape index (κ1) is 13.1. The zero-order valence-corrected chi connectivity index (χ0v) is 9.37. The van der Waals surface area contributed by atoms with E-state index >= 15 is 0 Å². The van der Waals surface area contributed by atoms with E-state index in [0.29, 0.717) is 12.5 Å². The molecule has 2 atom stereocenters. The molecule has 1 fully saturated rings. The monoisotopic (exact) mass is 243 g/mol. The van der Waals surface area contributed by atoms with Gasteiger partial charge in [-0.15, -0.1) is 11.6 Å². The lowest BCUT2D eigenvalue weighted by atomic mass is 10.1. The van der Waals surface area contributed by atoms with Crippen molar-refractivity contribution in [2.75, 3.05) is 13.1 Å². The van der Waals surface area contributed by atoms with Crippen LogP contribution in [0.4, 0.5) is 13.2 Å². The Balaban J connectivity index is 1.97. The van der Waals surface area contributed by atoms with Crippen molar-refractivity contribution in [2.45, 2.75) is 43.7 Å². The number of hydrogen-bond donors (Lipinski definition) is 1. The summed E-state index contributed by atoms with van der Waals surface area (Å²) >= 11 is 6.04. The maximum absolute atomic E-state index is 11.8. The Morgan fingerprint density at radius 1 is 1.27 bits per heavy atom. The molecule has 0 aliphatic heterocycles. The SMILES string of the molecule is FC(F)(F)CCCNCC1CCCC1Cl. The van der Waals surface area contributed by atoms with Gasteiger partial charge in [0, 0.05) is 11.8 Å². The molecule has 0 saturated heterocycles. The highest BCUT2D eigenvalue weighted by Crippen LogP contribution is 2.29. The minimum atomic E-state index is -4.02. The van der Waals surface area contributed by atoms with E-state index in [-0.39, 0.29) is 11.8 Å². The Bertz CT molecular complexity index is 184. The molecular formula is C10H17ClF3N. The van der Waals surface area contributed by atoms with Crippen molar-refractivity contribution in [1.82, 2.24) is 5.32 Å². The van der Waals surface area contributed by atoms with Gasteiger partial charge >= 0.3 is 6.18 Å². The molecule has 0 aromatic heterocycles. The number of rotatable bonds is 5. The molecule has 15 heavy (non-hydrogen) atoms. The van der Waals surface area contributed by atoms with Gasteiger partial charge in [0.15, 0.2) is 0 Å². The van der Waals surface area contributed by atoms with Crippen molar-refractivity contribution in [3.63, 3.8) is 0 Å². The maximum atomic E-state index is 11.8. The summed E-state index contributed by atoms with van der Waals surface area (Å²) < 4.78 is 35.4. The molecule has 0 spiro atoms. The first-order valence-corrected chi connectivity index (χ1v) is 5.84. The number of hydrogen-bond acceptors (Lipinski definition) is 1. The molecule has 0 amide bonds. The van der Waals surface area contributed by atoms with E-state index in [2.05, 4.69) is 5.32 Å². The molecule has 90 valence electrons.